The van der Waals surface area contributed by atoms with Gasteiger partial charge in [-0.05, 0) is 62.7 Å². The molecule has 2 aromatic heterocycles. The number of aromatic nitrogens is 2. The summed E-state index contributed by atoms with van der Waals surface area (Å²) in [6.45, 7) is 6.32. The molecule has 40 heavy (non-hydrogen) atoms. The maximum Gasteiger partial charge on any atom is 0.416 e. The molecule has 3 aromatic rings. The summed E-state index contributed by atoms with van der Waals surface area (Å²) in [6, 6.07) is 9.49. The normalized spacial score (nSPS) is 14.6. The lowest BCUT2D eigenvalue weighted by Gasteiger charge is -2.35. The van der Waals surface area contributed by atoms with Crippen molar-refractivity contribution in [2.75, 3.05) is 23.7 Å². The molecule has 0 bridgehead atoms. The fourth-order valence-electron chi connectivity index (χ4n) is 3.89. The molecule has 0 radical (unpaired) electrons. The van der Waals surface area contributed by atoms with Crippen LogP contribution >= 0.6 is 0 Å². The third kappa shape index (κ3) is 7.69. The number of amides is 1. The van der Waals surface area contributed by atoms with Crippen molar-refractivity contribution >= 4 is 23.4 Å². The number of carbonyl (C=O) groups excluding carboxylic acids is 2. The molecule has 0 saturated carbocycles. The number of anilines is 2. The van der Waals surface area contributed by atoms with E-state index < -0.39 is 35.3 Å². The van der Waals surface area contributed by atoms with Gasteiger partial charge in [-0.25, -0.2) is 9.78 Å². The average molecular weight is 558 g/mol. The quantitative estimate of drug-likeness (QED) is 0.326. The van der Waals surface area contributed by atoms with E-state index in [0.29, 0.717) is 19.6 Å². The van der Waals surface area contributed by atoms with E-state index in [1.165, 1.54) is 18.3 Å². The van der Waals surface area contributed by atoms with Gasteiger partial charge in [0.05, 0.1) is 11.1 Å². The lowest BCUT2D eigenvalue weighted by molar-refractivity contribution is -0.167. The molecule has 12 heteroatoms. The van der Waals surface area contributed by atoms with Crippen LogP contribution in [0.4, 0.5) is 24.7 Å². The molecule has 4 rings (SSSR count). The molecule has 1 atom stereocenters. The summed E-state index contributed by atoms with van der Waals surface area (Å²) in [7, 11) is 0. The maximum atomic E-state index is 13.8. The Hall–Kier alpha value is -4.19. The number of hydrogen-bond acceptors (Lipinski definition) is 8. The minimum absolute atomic E-state index is 0.128. The summed E-state index contributed by atoms with van der Waals surface area (Å²) in [4.78, 5) is 34.2. The molecular weight excluding hydrogens is 527 g/mol. The van der Waals surface area contributed by atoms with E-state index >= 15 is 0 Å². The first-order valence-electron chi connectivity index (χ1n) is 12.6. The molecule has 1 aliphatic heterocycles. The summed E-state index contributed by atoms with van der Waals surface area (Å²) in [5.74, 6) is -1.62. The van der Waals surface area contributed by atoms with Crippen LogP contribution in [0.3, 0.4) is 0 Å². The Balaban J connectivity index is 1.57. The van der Waals surface area contributed by atoms with E-state index in [1.54, 1.807) is 51.4 Å². The van der Waals surface area contributed by atoms with Crippen LogP contribution in [0.2, 0.25) is 0 Å². The molecule has 0 aliphatic carbocycles. The van der Waals surface area contributed by atoms with Crippen molar-refractivity contribution < 1.29 is 32.2 Å². The second-order valence-corrected chi connectivity index (χ2v) is 10.3. The number of benzene rings is 1. The molecule has 0 spiro atoms. The van der Waals surface area contributed by atoms with Crippen molar-refractivity contribution in [2.45, 2.75) is 45.2 Å². The number of carbonyl (C=O) groups is 2. The van der Waals surface area contributed by atoms with E-state index in [2.05, 4.69) is 25.9 Å². The summed E-state index contributed by atoms with van der Waals surface area (Å²) in [5.41, 5.74) is -0.988. The standard InChI is InChI=1S/C28H30F3N5O4/c1-27(2,3)40-26(38)23(18-15-33-16-18)39-21-12-19(28(29,30)31)11-20(13-21)36-25(37)22-5-4-8-34-24(22)35-14-17-6-9-32-10-7-17/h4-13,18,23,33H,14-16H2,1-3H3,(H,34,35)(H,36,37). The molecule has 9 nitrogen and oxygen atoms in total. The van der Waals surface area contributed by atoms with E-state index in [4.69, 9.17) is 9.47 Å². The molecule has 212 valence electrons. The second kappa shape index (κ2) is 11.9. The molecule has 1 aliphatic rings. The number of halogens is 3. The highest BCUT2D eigenvalue weighted by Crippen LogP contribution is 2.35. The highest BCUT2D eigenvalue weighted by Gasteiger charge is 2.38. The van der Waals surface area contributed by atoms with Crippen LogP contribution in [0, 0.1) is 5.92 Å². The van der Waals surface area contributed by atoms with E-state index in [-0.39, 0.29) is 28.7 Å². The van der Waals surface area contributed by atoms with Crippen LogP contribution in [-0.4, -0.2) is 46.6 Å². The number of nitrogens with one attached hydrogen (secondary N) is 3. The molecular formula is C28H30F3N5O4. The zero-order valence-corrected chi connectivity index (χ0v) is 22.2. The topological polar surface area (TPSA) is 114 Å². The van der Waals surface area contributed by atoms with Crippen molar-refractivity contribution in [1.29, 1.82) is 0 Å². The summed E-state index contributed by atoms with van der Waals surface area (Å²) >= 11 is 0. The molecule has 1 amide bonds. The van der Waals surface area contributed by atoms with Gasteiger partial charge >= 0.3 is 12.1 Å². The van der Waals surface area contributed by atoms with Crippen LogP contribution < -0.4 is 20.7 Å². The average Bonchev–Trinajstić information content (AvgIpc) is 2.85. The van der Waals surface area contributed by atoms with Gasteiger partial charge in [-0.1, -0.05) is 0 Å². The van der Waals surface area contributed by atoms with Gasteiger partial charge in [-0.15, -0.1) is 0 Å². The van der Waals surface area contributed by atoms with Crippen LogP contribution in [-0.2, 0) is 22.3 Å². The first-order chi connectivity index (χ1) is 18.9. The highest BCUT2D eigenvalue weighted by atomic mass is 19.4. The third-order valence-electron chi connectivity index (χ3n) is 5.90. The van der Waals surface area contributed by atoms with Gasteiger partial charge in [-0.2, -0.15) is 13.2 Å². The van der Waals surface area contributed by atoms with Crippen LogP contribution in [0.1, 0.15) is 42.3 Å². The number of pyridine rings is 2. The van der Waals surface area contributed by atoms with E-state index in [9.17, 15) is 22.8 Å². The first-order valence-corrected chi connectivity index (χ1v) is 12.6. The number of ether oxygens (including phenoxy) is 2. The van der Waals surface area contributed by atoms with Crippen molar-refractivity contribution in [3.63, 3.8) is 0 Å². The Kier molecular flexibility index (Phi) is 8.58. The summed E-state index contributed by atoms with van der Waals surface area (Å²) in [6.07, 6.45) is -1.11. The lowest BCUT2D eigenvalue weighted by atomic mass is 9.96. The van der Waals surface area contributed by atoms with Gasteiger partial charge in [0.25, 0.3) is 5.91 Å². The molecule has 1 fully saturated rings. The molecule has 3 N–H and O–H groups in total. The van der Waals surface area contributed by atoms with E-state index in [0.717, 1.165) is 17.7 Å². The fraction of sp³-hybridized carbons (Fsp3) is 0.357. The van der Waals surface area contributed by atoms with Crippen LogP contribution in [0.25, 0.3) is 0 Å². The first kappa shape index (κ1) is 28.8. The zero-order valence-electron chi connectivity index (χ0n) is 22.2. The fourth-order valence-corrected chi connectivity index (χ4v) is 3.89. The van der Waals surface area contributed by atoms with Crippen molar-refractivity contribution in [2.24, 2.45) is 5.92 Å². The molecule has 3 heterocycles. The Morgan fingerprint density at radius 3 is 2.42 bits per heavy atom. The monoisotopic (exact) mass is 557 g/mol. The van der Waals surface area contributed by atoms with Crippen molar-refractivity contribution in [3.05, 3.63) is 77.7 Å². The van der Waals surface area contributed by atoms with Gasteiger partial charge in [0.15, 0.2) is 0 Å². The minimum Gasteiger partial charge on any atom is -0.478 e. The van der Waals surface area contributed by atoms with Gasteiger partial charge in [-0.3, -0.25) is 9.78 Å². The summed E-state index contributed by atoms with van der Waals surface area (Å²) in [5, 5.41) is 8.60. The smallest absolute Gasteiger partial charge is 0.416 e. The maximum absolute atomic E-state index is 13.8. The lowest BCUT2D eigenvalue weighted by Crippen LogP contribution is -2.54. The minimum atomic E-state index is -4.73. The number of alkyl halides is 3. The highest BCUT2D eigenvalue weighted by molar-refractivity contribution is 6.07. The third-order valence-corrected chi connectivity index (χ3v) is 5.90. The van der Waals surface area contributed by atoms with Gasteiger partial charge in [0.2, 0.25) is 6.10 Å². The Morgan fingerprint density at radius 2 is 1.80 bits per heavy atom. The van der Waals surface area contributed by atoms with Gasteiger partial charge in [0, 0.05) is 55.9 Å². The van der Waals surface area contributed by atoms with Crippen molar-refractivity contribution in [3.8, 4) is 5.75 Å². The Bertz CT molecular complexity index is 1340. The SMILES string of the molecule is CC(C)(C)OC(=O)C(Oc1cc(NC(=O)c2cccnc2NCc2ccncc2)cc(C(F)(F)F)c1)C1CNC1. The second-order valence-electron chi connectivity index (χ2n) is 10.3. The van der Waals surface area contributed by atoms with Gasteiger partial charge in [0.1, 0.15) is 17.2 Å². The van der Waals surface area contributed by atoms with Gasteiger partial charge < -0.3 is 25.4 Å². The number of esters is 1. The van der Waals surface area contributed by atoms with Crippen LogP contribution in [0.5, 0.6) is 5.75 Å². The molecule has 1 unspecified atom stereocenters. The zero-order chi connectivity index (χ0) is 28.9. The number of rotatable bonds is 9. The predicted molar refractivity (Wildman–Crippen MR) is 142 cm³/mol. The number of nitrogens with zero attached hydrogens (tertiary/aromatic N) is 2. The molecule has 1 aromatic carbocycles. The van der Waals surface area contributed by atoms with Crippen molar-refractivity contribution in [1.82, 2.24) is 15.3 Å². The van der Waals surface area contributed by atoms with Crippen LogP contribution in [0.15, 0.2) is 61.1 Å². The largest absolute Gasteiger partial charge is 0.478 e. The Labute approximate surface area is 229 Å². The molecule has 1 saturated heterocycles. The van der Waals surface area contributed by atoms with E-state index in [1.807, 2.05) is 0 Å². The summed E-state index contributed by atoms with van der Waals surface area (Å²) < 4.78 is 52.6. The Morgan fingerprint density at radius 1 is 1.07 bits per heavy atom. The predicted octanol–water partition coefficient (Wildman–Crippen LogP) is 4.67. The number of hydrogen-bond donors (Lipinski definition) is 3.